The first kappa shape index (κ1) is 24.7. The van der Waals surface area contributed by atoms with Gasteiger partial charge < -0.3 is 30.4 Å². The molecule has 2 aliphatic rings. The van der Waals surface area contributed by atoms with E-state index < -0.39 is 0 Å². The van der Waals surface area contributed by atoms with Crippen molar-refractivity contribution in [1.82, 2.24) is 19.9 Å². The first-order valence-corrected chi connectivity index (χ1v) is 13.7. The van der Waals surface area contributed by atoms with E-state index in [9.17, 15) is 9.90 Å². The molecule has 12 heteroatoms. The lowest BCUT2D eigenvalue weighted by Gasteiger charge is -2.32. The van der Waals surface area contributed by atoms with Gasteiger partial charge in [0.15, 0.2) is 22.3 Å². The summed E-state index contributed by atoms with van der Waals surface area (Å²) < 4.78 is 6.46. The van der Waals surface area contributed by atoms with Gasteiger partial charge in [-0.05, 0) is 50.8 Å². The van der Waals surface area contributed by atoms with Gasteiger partial charge in [0, 0.05) is 49.7 Å². The van der Waals surface area contributed by atoms with Crippen LogP contribution in [-0.2, 0) is 0 Å². The average Bonchev–Trinajstić information content (AvgIpc) is 3.57. The van der Waals surface area contributed by atoms with Gasteiger partial charge in [-0.15, -0.1) is 0 Å². The number of nitrogens with zero attached hydrogens (tertiary/aromatic N) is 6. The number of aryl methyl sites for hydroxylation is 1. The maximum atomic E-state index is 13.3. The molecule has 2 saturated heterocycles. The van der Waals surface area contributed by atoms with Gasteiger partial charge in [-0.1, -0.05) is 11.3 Å². The Kier molecular flexibility index (Phi) is 6.68. The number of anilines is 3. The van der Waals surface area contributed by atoms with E-state index in [2.05, 4.69) is 25.1 Å². The van der Waals surface area contributed by atoms with E-state index in [0.717, 1.165) is 66.4 Å². The average molecular weight is 535 g/mol. The normalized spacial score (nSPS) is 18.8. The van der Waals surface area contributed by atoms with Crippen LogP contribution in [0.3, 0.4) is 0 Å². The molecular formula is C26H30N8O3S. The number of oxazole rings is 1. The number of piperidine rings is 2. The third kappa shape index (κ3) is 5.06. The maximum absolute atomic E-state index is 13.3. The predicted octanol–water partition coefficient (Wildman–Crippen LogP) is 3.19. The first-order chi connectivity index (χ1) is 18.4. The number of pyridine rings is 2. The third-order valence-corrected chi connectivity index (χ3v) is 8.04. The topological polar surface area (TPSA) is 147 Å². The fourth-order valence-electron chi connectivity index (χ4n) is 4.93. The van der Waals surface area contributed by atoms with Crippen molar-refractivity contribution in [2.45, 2.75) is 44.8 Å². The molecule has 0 saturated carbocycles. The minimum Gasteiger partial charge on any atom is -0.444 e. The van der Waals surface area contributed by atoms with E-state index in [1.54, 1.807) is 12.3 Å². The first-order valence-electron chi connectivity index (χ1n) is 12.9. The van der Waals surface area contributed by atoms with Crippen LogP contribution < -0.4 is 20.9 Å². The second-order valence-corrected chi connectivity index (χ2v) is 10.9. The molecule has 2 fully saturated rings. The zero-order valence-electron chi connectivity index (χ0n) is 21.1. The van der Waals surface area contributed by atoms with Crippen LogP contribution >= 0.6 is 11.3 Å². The van der Waals surface area contributed by atoms with Crippen molar-refractivity contribution in [3.05, 3.63) is 42.0 Å². The number of carbonyl (C=O) groups excluding carboxylic acids is 1. The van der Waals surface area contributed by atoms with Crippen molar-refractivity contribution in [2.75, 3.05) is 41.3 Å². The number of nitrogens with two attached hydrogens (primary N) is 1. The number of hydrogen-bond acceptors (Lipinski definition) is 11. The van der Waals surface area contributed by atoms with E-state index in [-0.39, 0.29) is 23.7 Å². The molecule has 0 bridgehead atoms. The van der Waals surface area contributed by atoms with Crippen molar-refractivity contribution in [3.8, 4) is 11.5 Å². The highest BCUT2D eigenvalue weighted by Crippen LogP contribution is 2.36. The lowest BCUT2D eigenvalue weighted by Crippen LogP contribution is -2.40. The Hall–Kier alpha value is -3.61. The maximum Gasteiger partial charge on any atom is 0.277 e. The molecule has 0 radical (unpaired) electrons. The number of aliphatic hydroxyl groups is 1. The number of amides is 1. The summed E-state index contributed by atoms with van der Waals surface area (Å²) in [6.07, 6.45) is 6.11. The molecule has 6 rings (SSSR count). The van der Waals surface area contributed by atoms with Gasteiger partial charge in [0.1, 0.15) is 6.26 Å². The predicted molar refractivity (Wildman–Crippen MR) is 147 cm³/mol. The Morgan fingerprint density at radius 1 is 1.16 bits per heavy atom. The highest BCUT2D eigenvalue weighted by molar-refractivity contribution is 7.22. The van der Waals surface area contributed by atoms with Gasteiger partial charge in [0.05, 0.1) is 16.5 Å². The van der Waals surface area contributed by atoms with Gasteiger partial charge in [-0.2, -0.15) is 4.98 Å². The summed E-state index contributed by atoms with van der Waals surface area (Å²) in [5, 5.41) is 14.0. The molecule has 0 aromatic carbocycles. The van der Waals surface area contributed by atoms with Crippen LogP contribution in [0, 0.1) is 6.92 Å². The Labute approximate surface area is 223 Å². The van der Waals surface area contributed by atoms with E-state index in [1.165, 1.54) is 17.6 Å². The van der Waals surface area contributed by atoms with Gasteiger partial charge in [0.25, 0.3) is 5.91 Å². The number of fused-ring (bicyclic) bond motifs is 1. The number of rotatable bonds is 5. The zero-order chi connectivity index (χ0) is 26.2. The van der Waals surface area contributed by atoms with E-state index in [0.29, 0.717) is 29.6 Å². The van der Waals surface area contributed by atoms with Crippen LogP contribution in [0.2, 0.25) is 0 Å². The van der Waals surface area contributed by atoms with Crippen LogP contribution in [-0.4, -0.2) is 69.3 Å². The molecule has 4 N–H and O–H groups in total. The quantitative estimate of drug-likeness (QED) is 0.349. The number of nitrogens with one attached hydrogen (secondary N) is 1. The SMILES string of the molecule is Cc1cc(-c2nc(C(=O)Nc3cc4sc(N5CCCC(O)C5)nc4nc3N3CCC(N)CC3)co2)ccn1. The molecule has 4 aromatic rings. The van der Waals surface area contributed by atoms with Gasteiger partial charge in [0.2, 0.25) is 5.89 Å². The summed E-state index contributed by atoms with van der Waals surface area (Å²) >= 11 is 1.51. The lowest BCUT2D eigenvalue weighted by atomic mass is 10.1. The molecule has 1 unspecified atom stereocenters. The molecule has 198 valence electrons. The van der Waals surface area contributed by atoms with Crippen LogP contribution in [0.25, 0.3) is 21.8 Å². The molecule has 6 heterocycles. The van der Waals surface area contributed by atoms with Crippen molar-refractivity contribution >= 4 is 44.2 Å². The summed E-state index contributed by atoms with van der Waals surface area (Å²) in [6.45, 7) is 4.78. The molecule has 4 aromatic heterocycles. The minimum absolute atomic E-state index is 0.162. The number of hydrogen-bond donors (Lipinski definition) is 3. The molecule has 2 aliphatic heterocycles. The summed E-state index contributed by atoms with van der Waals surface area (Å²) in [5.74, 6) is 0.642. The second-order valence-electron chi connectivity index (χ2n) is 9.92. The smallest absolute Gasteiger partial charge is 0.277 e. The number of thiazole rings is 1. The summed E-state index contributed by atoms with van der Waals surface area (Å²) in [6, 6.07) is 5.74. The highest BCUT2D eigenvalue weighted by atomic mass is 32.1. The summed E-state index contributed by atoms with van der Waals surface area (Å²) in [5.41, 5.74) is 9.13. The number of β-amino-alcohol motifs (C(OH)–C–C–N with tert-alkyl or cyclic N) is 1. The molecule has 11 nitrogen and oxygen atoms in total. The zero-order valence-corrected chi connectivity index (χ0v) is 21.9. The van der Waals surface area contributed by atoms with Crippen molar-refractivity contribution in [1.29, 1.82) is 0 Å². The Morgan fingerprint density at radius 2 is 2.00 bits per heavy atom. The van der Waals surface area contributed by atoms with E-state index >= 15 is 0 Å². The molecular weight excluding hydrogens is 504 g/mol. The summed E-state index contributed by atoms with van der Waals surface area (Å²) in [4.78, 5) is 35.8. The van der Waals surface area contributed by atoms with Crippen molar-refractivity contribution in [2.24, 2.45) is 5.73 Å². The number of carbonyl (C=O) groups is 1. The lowest BCUT2D eigenvalue weighted by molar-refractivity contribution is 0.102. The van der Waals surface area contributed by atoms with Gasteiger partial charge in [-0.3, -0.25) is 9.78 Å². The van der Waals surface area contributed by atoms with Gasteiger partial charge in [-0.25, -0.2) is 9.97 Å². The fraction of sp³-hybridized carbons (Fsp3) is 0.423. The molecule has 0 aliphatic carbocycles. The van der Waals surface area contributed by atoms with Crippen LogP contribution in [0.4, 0.5) is 16.6 Å². The molecule has 38 heavy (non-hydrogen) atoms. The standard InChI is InChI=1S/C26H30N8O3S/c1-15-11-16(4-7-28-15)25-30-20(14-37-25)24(36)29-19-12-21-22(31-23(19)33-9-5-17(27)6-10-33)32-26(38-21)34-8-2-3-18(35)13-34/h4,7,11-12,14,17-18,35H,2-3,5-6,8-10,13,27H2,1H3,(H,29,36). The largest absolute Gasteiger partial charge is 0.444 e. The van der Waals surface area contributed by atoms with Crippen molar-refractivity contribution < 1.29 is 14.3 Å². The molecule has 1 atom stereocenters. The van der Waals surface area contributed by atoms with Crippen molar-refractivity contribution in [3.63, 3.8) is 0 Å². The van der Waals surface area contributed by atoms with Crippen LogP contribution in [0.15, 0.2) is 35.1 Å². The van der Waals surface area contributed by atoms with E-state index in [4.69, 9.17) is 20.1 Å². The fourth-order valence-corrected chi connectivity index (χ4v) is 5.91. The molecule has 1 amide bonds. The number of aromatic nitrogens is 4. The second kappa shape index (κ2) is 10.3. The minimum atomic E-state index is -0.384. The highest BCUT2D eigenvalue weighted by Gasteiger charge is 2.25. The number of aliphatic hydroxyl groups excluding tert-OH is 1. The van der Waals surface area contributed by atoms with Crippen LogP contribution in [0.1, 0.15) is 41.9 Å². The Balaban J connectivity index is 1.31. The Bertz CT molecular complexity index is 1460. The summed E-state index contributed by atoms with van der Waals surface area (Å²) in [7, 11) is 0. The van der Waals surface area contributed by atoms with Crippen LogP contribution in [0.5, 0.6) is 0 Å². The third-order valence-electron chi connectivity index (χ3n) is 6.99. The van der Waals surface area contributed by atoms with Gasteiger partial charge >= 0.3 is 0 Å². The Morgan fingerprint density at radius 3 is 2.79 bits per heavy atom. The molecule has 0 spiro atoms. The monoisotopic (exact) mass is 534 g/mol. The van der Waals surface area contributed by atoms with E-state index in [1.807, 2.05) is 19.1 Å².